The fraction of sp³-hybridized carbons (Fsp3) is 0.409. The summed E-state index contributed by atoms with van der Waals surface area (Å²) in [4.78, 5) is 16.7. The molecule has 30 heavy (non-hydrogen) atoms. The highest BCUT2D eigenvalue weighted by Gasteiger charge is 2.23. The van der Waals surface area contributed by atoms with E-state index in [2.05, 4.69) is 4.90 Å². The second kappa shape index (κ2) is 9.71. The molecular formula is C22H28ClN3O3S. The minimum absolute atomic E-state index is 0.0685. The zero-order valence-electron chi connectivity index (χ0n) is 17.4. The van der Waals surface area contributed by atoms with Gasteiger partial charge in [-0.25, -0.2) is 8.42 Å². The predicted molar refractivity (Wildman–Crippen MR) is 123 cm³/mol. The van der Waals surface area contributed by atoms with Crippen molar-refractivity contribution in [3.05, 3.63) is 59.1 Å². The first-order valence-electron chi connectivity index (χ1n) is 10.1. The number of rotatable bonds is 7. The maximum absolute atomic E-state index is 12.6. The van der Waals surface area contributed by atoms with Gasteiger partial charge in [-0.05, 0) is 43.2 Å². The van der Waals surface area contributed by atoms with Gasteiger partial charge < -0.3 is 9.80 Å². The summed E-state index contributed by atoms with van der Waals surface area (Å²) in [5.41, 5.74) is 2.63. The zero-order chi connectivity index (χ0) is 21.7. The monoisotopic (exact) mass is 449 g/mol. The van der Waals surface area contributed by atoms with E-state index < -0.39 is 10.0 Å². The number of carbonyl (C=O) groups excluding carboxylic acids is 1. The van der Waals surface area contributed by atoms with Gasteiger partial charge in [-0.3, -0.25) is 9.10 Å². The standard InChI is InChI=1S/C22H28ClN3O3S/c1-18-7-3-4-10-21(18)26(30(2,28)29)12-6-11-22(27)25-15-13-24(14-16-25)20-9-5-8-19(23)17-20/h3-5,7-10,17H,6,11-16H2,1-2H3. The molecule has 2 aromatic carbocycles. The molecular weight excluding hydrogens is 422 g/mol. The number of amides is 1. The quantitative estimate of drug-likeness (QED) is 0.648. The topological polar surface area (TPSA) is 60.9 Å². The van der Waals surface area contributed by atoms with Gasteiger partial charge >= 0.3 is 0 Å². The lowest BCUT2D eigenvalue weighted by molar-refractivity contribution is -0.131. The third-order valence-corrected chi connectivity index (χ3v) is 6.76. The number of nitrogens with zero attached hydrogens (tertiary/aromatic N) is 3. The highest BCUT2D eigenvalue weighted by atomic mass is 35.5. The molecule has 0 bridgehead atoms. The molecule has 0 spiro atoms. The Morgan fingerprint density at radius 3 is 2.40 bits per heavy atom. The van der Waals surface area contributed by atoms with Crippen LogP contribution in [0.2, 0.25) is 5.02 Å². The van der Waals surface area contributed by atoms with Crippen molar-refractivity contribution in [1.29, 1.82) is 0 Å². The van der Waals surface area contributed by atoms with Crippen molar-refractivity contribution in [2.45, 2.75) is 19.8 Å². The molecule has 0 aromatic heterocycles. The van der Waals surface area contributed by atoms with Crippen LogP contribution < -0.4 is 9.21 Å². The summed E-state index contributed by atoms with van der Waals surface area (Å²) in [5, 5.41) is 0.704. The number of anilines is 2. The number of carbonyl (C=O) groups is 1. The second-order valence-corrected chi connectivity index (χ2v) is 9.92. The van der Waals surface area contributed by atoms with Gasteiger partial charge in [0.15, 0.2) is 0 Å². The van der Waals surface area contributed by atoms with Crippen LogP contribution in [0.25, 0.3) is 0 Å². The molecule has 1 heterocycles. The van der Waals surface area contributed by atoms with Crippen molar-refractivity contribution in [1.82, 2.24) is 4.90 Å². The molecule has 1 fully saturated rings. The molecule has 8 heteroatoms. The Hall–Kier alpha value is -2.25. The smallest absolute Gasteiger partial charge is 0.232 e. The summed E-state index contributed by atoms with van der Waals surface area (Å²) >= 11 is 6.07. The van der Waals surface area contributed by atoms with Crippen molar-refractivity contribution in [2.75, 3.05) is 48.2 Å². The fourth-order valence-corrected chi connectivity index (χ4v) is 4.93. The Kier molecular flexibility index (Phi) is 7.26. The van der Waals surface area contributed by atoms with Gasteiger partial charge in [0.2, 0.25) is 15.9 Å². The number of hydrogen-bond donors (Lipinski definition) is 0. The molecule has 6 nitrogen and oxygen atoms in total. The van der Waals surface area contributed by atoms with Gasteiger partial charge in [0, 0.05) is 49.9 Å². The molecule has 0 aliphatic carbocycles. The Labute approximate surface area is 184 Å². The van der Waals surface area contributed by atoms with Crippen molar-refractivity contribution >= 4 is 38.9 Å². The van der Waals surface area contributed by atoms with Crippen LogP contribution in [0.4, 0.5) is 11.4 Å². The second-order valence-electron chi connectivity index (χ2n) is 7.57. The molecule has 0 saturated carbocycles. The van der Waals surface area contributed by atoms with Gasteiger partial charge in [-0.1, -0.05) is 35.9 Å². The van der Waals surface area contributed by atoms with Crippen LogP contribution in [0.5, 0.6) is 0 Å². The summed E-state index contributed by atoms with van der Waals surface area (Å²) in [7, 11) is -3.41. The van der Waals surface area contributed by atoms with Crippen LogP contribution in [-0.2, 0) is 14.8 Å². The van der Waals surface area contributed by atoms with Crippen LogP contribution in [0.1, 0.15) is 18.4 Å². The third kappa shape index (κ3) is 5.67. The third-order valence-electron chi connectivity index (χ3n) is 5.34. The summed E-state index contributed by atoms with van der Waals surface area (Å²) in [5.74, 6) is 0.0685. The van der Waals surface area contributed by atoms with E-state index in [-0.39, 0.29) is 12.5 Å². The van der Waals surface area contributed by atoms with Crippen molar-refractivity contribution < 1.29 is 13.2 Å². The van der Waals surface area contributed by atoms with E-state index in [0.717, 1.165) is 24.3 Å². The van der Waals surface area contributed by atoms with Crippen LogP contribution in [0, 0.1) is 6.92 Å². The van der Waals surface area contributed by atoms with Gasteiger partial charge in [-0.2, -0.15) is 0 Å². The molecule has 0 radical (unpaired) electrons. The highest BCUT2D eigenvalue weighted by Crippen LogP contribution is 2.23. The molecule has 0 unspecified atom stereocenters. The highest BCUT2D eigenvalue weighted by molar-refractivity contribution is 7.92. The molecule has 1 aliphatic rings. The Bertz CT molecular complexity index is 989. The van der Waals surface area contributed by atoms with E-state index in [9.17, 15) is 13.2 Å². The minimum atomic E-state index is -3.41. The predicted octanol–water partition coefficient (Wildman–Crippen LogP) is 3.54. The van der Waals surface area contributed by atoms with Gasteiger partial charge in [-0.15, -0.1) is 0 Å². The summed E-state index contributed by atoms with van der Waals surface area (Å²) in [6.45, 7) is 4.99. The molecule has 3 rings (SSSR count). The van der Waals surface area contributed by atoms with E-state index in [4.69, 9.17) is 11.6 Å². The molecule has 2 aromatic rings. The summed E-state index contributed by atoms with van der Waals surface area (Å²) < 4.78 is 25.9. The van der Waals surface area contributed by atoms with Crippen molar-refractivity contribution in [3.63, 3.8) is 0 Å². The lowest BCUT2D eigenvalue weighted by Gasteiger charge is -2.36. The summed E-state index contributed by atoms with van der Waals surface area (Å²) in [6, 6.07) is 15.1. The minimum Gasteiger partial charge on any atom is -0.368 e. The molecule has 0 atom stereocenters. The fourth-order valence-electron chi connectivity index (χ4n) is 3.73. The largest absolute Gasteiger partial charge is 0.368 e. The zero-order valence-corrected chi connectivity index (χ0v) is 19.0. The lowest BCUT2D eigenvalue weighted by atomic mass is 10.2. The van der Waals surface area contributed by atoms with Gasteiger partial charge in [0.05, 0.1) is 11.9 Å². The van der Waals surface area contributed by atoms with E-state index >= 15 is 0 Å². The first kappa shape index (κ1) is 22.4. The maximum Gasteiger partial charge on any atom is 0.232 e. The van der Waals surface area contributed by atoms with Crippen molar-refractivity contribution in [3.8, 4) is 0 Å². The van der Waals surface area contributed by atoms with Crippen LogP contribution in [0.3, 0.4) is 0 Å². The number of hydrogen-bond acceptors (Lipinski definition) is 4. The molecule has 1 saturated heterocycles. The Morgan fingerprint density at radius 2 is 1.77 bits per heavy atom. The molecule has 1 amide bonds. The number of para-hydroxylation sites is 1. The first-order chi connectivity index (χ1) is 14.3. The Morgan fingerprint density at radius 1 is 1.07 bits per heavy atom. The first-order valence-corrected chi connectivity index (χ1v) is 12.3. The SMILES string of the molecule is Cc1ccccc1N(CCCC(=O)N1CCN(c2cccc(Cl)c2)CC1)S(C)(=O)=O. The van der Waals surface area contributed by atoms with Gasteiger partial charge in [0.1, 0.15) is 0 Å². The Balaban J connectivity index is 1.52. The normalized spacial score (nSPS) is 14.6. The number of halogens is 1. The van der Waals surface area contributed by atoms with Crippen LogP contribution in [0.15, 0.2) is 48.5 Å². The van der Waals surface area contributed by atoms with E-state index in [1.807, 2.05) is 54.3 Å². The average Bonchev–Trinajstić information content (AvgIpc) is 2.71. The maximum atomic E-state index is 12.6. The molecule has 0 N–H and O–H groups in total. The van der Waals surface area contributed by atoms with E-state index in [1.54, 1.807) is 6.07 Å². The van der Waals surface area contributed by atoms with Crippen LogP contribution in [-0.4, -0.2) is 58.2 Å². The van der Waals surface area contributed by atoms with E-state index in [1.165, 1.54) is 10.6 Å². The molecule has 162 valence electrons. The number of sulfonamides is 1. The average molecular weight is 450 g/mol. The number of benzene rings is 2. The van der Waals surface area contributed by atoms with Crippen molar-refractivity contribution in [2.24, 2.45) is 0 Å². The van der Waals surface area contributed by atoms with E-state index in [0.29, 0.717) is 36.6 Å². The van der Waals surface area contributed by atoms with Gasteiger partial charge in [0.25, 0.3) is 0 Å². The number of piperazine rings is 1. The van der Waals surface area contributed by atoms with Crippen LogP contribution >= 0.6 is 11.6 Å². The lowest BCUT2D eigenvalue weighted by Crippen LogP contribution is -2.48. The molecule has 1 aliphatic heterocycles. The summed E-state index contributed by atoms with van der Waals surface area (Å²) in [6.07, 6.45) is 2.01. The number of aryl methyl sites for hydroxylation is 1.